The van der Waals surface area contributed by atoms with E-state index in [1.165, 1.54) is 24.2 Å². The number of hydrogen-bond acceptors (Lipinski definition) is 9. The fraction of sp³-hybridized carbons (Fsp3) is 0.364. The molecule has 232 valence electrons. The van der Waals surface area contributed by atoms with E-state index in [4.69, 9.17) is 9.73 Å². The van der Waals surface area contributed by atoms with Crippen LogP contribution in [0.15, 0.2) is 41.4 Å². The molecule has 2 aliphatic heterocycles. The van der Waals surface area contributed by atoms with E-state index in [0.717, 1.165) is 50.1 Å². The average molecular weight is 627 g/mol. The lowest BCUT2D eigenvalue weighted by Crippen LogP contribution is -2.30. The number of fused-ring (bicyclic) bond motifs is 3. The minimum Gasteiger partial charge on any atom is -0.469 e. The Kier molecular flexibility index (Phi) is 9.68. The highest BCUT2D eigenvalue weighted by atomic mass is 32.1. The van der Waals surface area contributed by atoms with Crippen molar-refractivity contribution < 1.29 is 23.9 Å². The van der Waals surface area contributed by atoms with Gasteiger partial charge in [0, 0.05) is 46.7 Å². The van der Waals surface area contributed by atoms with Gasteiger partial charge in [0.2, 0.25) is 5.91 Å². The Morgan fingerprint density at radius 2 is 1.76 bits per heavy atom. The molecule has 2 aromatic heterocycles. The molecular formula is C33H34N6O5S. The summed E-state index contributed by atoms with van der Waals surface area (Å²) < 4.78 is 6.95. The van der Waals surface area contributed by atoms with Crippen LogP contribution in [0.3, 0.4) is 0 Å². The molecule has 1 atom stereocenters. The topological polar surface area (TPSA) is 136 Å². The van der Waals surface area contributed by atoms with Crippen LogP contribution in [0, 0.1) is 32.6 Å². The summed E-state index contributed by atoms with van der Waals surface area (Å²) in [5, 5.41) is 12.5. The number of nitrogens with zero attached hydrogens (tertiary/aromatic N) is 5. The van der Waals surface area contributed by atoms with Gasteiger partial charge in [-0.3, -0.25) is 33.6 Å². The number of aromatic nitrogens is 3. The molecule has 0 fully saturated rings. The fourth-order valence-electron chi connectivity index (χ4n) is 5.24. The predicted octanol–water partition coefficient (Wildman–Crippen LogP) is 3.66. The van der Waals surface area contributed by atoms with Crippen LogP contribution in [0.25, 0.3) is 5.00 Å². The van der Waals surface area contributed by atoms with Gasteiger partial charge in [-0.15, -0.1) is 21.5 Å². The van der Waals surface area contributed by atoms with Crippen molar-refractivity contribution in [1.29, 1.82) is 0 Å². The maximum atomic E-state index is 12.3. The number of rotatable bonds is 10. The van der Waals surface area contributed by atoms with Gasteiger partial charge in [-0.1, -0.05) is 30.4 Å². The Hall–Kier alpha value is -4.89. The zero-order valence-corrected chi connectivity index (χ0v) is 26.5. The maximum absolute atomic E-state index is 12.3. The fourth-order valence-corrected chi connectivity index (χ4v) is 6.45. The van der Waals surface area contributed by atoms with Crippen molar-refractivity contribution in [3.8, 4) is 16.8 Å². The number of thiophene rings is 1. The van der Waals surface area contributed by atoms with Crippen molar-refractivity contribution in [2.45, 2.75) is 58.9 Å². The van der Waals surface area contributed by atoms with Crippen LogP contribution in [0.5, 0.6) is 0 Å². The van der Waals surface area contributed by atoms with E-state index in [1.807, 2.05) is 35.8 Å². The molecule has 4 heterocycles. The van der Waals surface area contributed by atoms with Crippen molar-refractivity contribution in [2.24, 2.45) is 4.99 Å². The number of hydrogen-bond donors (Lipinski definition) is 1. The van der Waals surface area contributed by atoms with E-state index >= 15 is 0 Å². The lowest BCUT2D eigenvalue weighted by Gasteiger charge is -2.12. The van der Waals surface area contributed by atoms with E-state index in [2.05, 4.69) is 41.2 Å². The molecule has 0 unspecified atom stereocenters. The molecule has 0 bridgehead atoms. The Balaban J connectivity index is 1.22. The zero-order valence-electron chi connectivity index (χ0n) is 25.7. The number of carbonyl (C=O) groups is 4. The number of methoxy groups -OCH3 is 1. The van der Waals surface area contributed by atoms with Crippen molar-refractivity contribution in [3.63, 3.8) is 0 Å². The molecule has 3 aromatic rings. The molecule has 2 aliphatic rings. The minimum absolute atomic E-state index is 0.0404. The summed E-state index contributed by atoms with van der Waals surface area (Å²) in [6.07, 6.45) is 5.01. The van der Waals surface area contributed by atoms with E-state index < -0.39 is 6.04 Å². The second kappa shape index (κ2) is 13.8. The van der Waals surface area contributed by atoms with Gasteiger partial charge in [0.25, 0.3) is 11.8 Å². The van der Waals surface area contributed by atoms with Crippen LogP contribution in [-0.2, 0) is 23.9 Å². The Labute approximate surface area is 265 Å². The van der Waals surface area contributed by atoms with Gasteiger partial charge in [-0.2, -0.15) is 0 Å². The number of ether oxygens (including phenoxy) is 1. The van der Waals surface area contributed by atoms with Crippen molar-refractivity contribution in [3.05, 3.63) is 75.2 Å². The number of aryl methyl sites for hydroxylation is 2. The SMILES string of the molecule is COC(=O)C[C@@H]1N=C(c2ccc(C#CCNC(=O)CCCCCN3C(=O)C=CC3=O)cc2)c2c(sc(C)c2C)-n2c(C)nnc21. The van der Waals surface area contributed by atoms with Crippen molar-refractivity contribution >= 4 is 40.7 Å². The maximum Gasteiger partial charge on any atom is 0.308 e. The summed E-state index contributed by atoms with van der Waals surface area (Å²) in [6.45, 7) is 6.64. The number of benzene rings is 1. The molecule has 5 rings (SSSR count). The lowest BCUT2D eigenvalue weighted by atomic mass is 9.98. The Morgan fingerprint density at radius 1 is 1.02 bits per heavy atom. The lowest BCUT2D eigenvalue weighted by molar-refractivity contribution is -0.141. The first-order chi connectivity index (χ1) is 21.7. The standard InChI is InChI=1S/C33H34N6O5S/c1-20-21(2)45-33-30(20)31(35-25(19-29(43)44-4)32-37-36-22(3)39(32)33)24-13-11-23(12-14-24)9-8-17-34-26(40)10-6-5-7-18-38-27(41)15-16-28(38)42/h11-16,25H,5-7,10,17-19H2,1-4H3,(H,34,40)/t25-/m0/s1. The van der Waals surface area contributed by atoms with Gasteiger partial charge < -0.3 is 10.1 Å². The van der Waals surface area contributed by atoms with E-state index in [9.17, 15) is 19.2 Å². The van der Waals surface area contributed by atoms with E-state index in [-0.39, 0.29) is 36.7 Å². The Bertz CT molecular complexity index is 1750. The highest BCUT2D eigenvalue weighted by Gasteiger charge is 2.32. The predicted molar refractivity (Wildman–Crippen MR) is 169 cm³/mol. The molecule has 1 N–H and O–H groups in total. The van der Waals surface area contributed by atoms with Crippen LogP contribution in [0.4, 0.5) is 0 Å². The number of imide groups is 1. The molecule has 0 saturated heterocycles. The second-order valence-electron chi connectivity index (χ2n) is 10.8. The van der Waals surface area contributed by atoms with Gasteiger partial charge in [-0.05, 0) is 51.3 Å². The third-order valence-electron chi connectivity index (χ3n) is 7.78. The molecule has 1 aromatic carbocycles. The van der Waals surface area contributed by atoms with Gasteiger partial charge in [0.15, 0.2) is 5.82 Å². The van der Waals surface area contributed by atoms with Crippen LogP contribution in [0.2, 0.25) is 0 Å². The number of unbranched alkanes of at least 4 members (excludes halogenated alkanes) is 2. The van der Waals surface area contributed by atoms with E-state index in [0.29, 0.717) is 31.6 Å². The van der Waals surface area contributed by atoms with Crippen LogP contribution < -0.4 is 5.32 Å². The Morgan fingerprint density at radius 3 is 2.47 bits per heavy atom. The molecule has 12 heteroatoms. The molecular weight excluding hydrogens is 592 g/mol. The monoisotopic (exact) mass is 626 g/mol. The summed E-state index contributed by atoms with van der Waals surface area (Å²) in [4.78, 5) is 55.1. The number of carbonyl (C=O) groups excluding carboxylic acids is 4. The number of esters is 1. The van der Waals surface area contributed by atoms with Gasteiger partial charge in [0.05, 0.1) is 25.8 Å². The van der Waals surface area contributed by atoms with Crippen LogP contribution in [-0.4, -0.2) is 69.3 Å². The van der Waals surface area contributed by atoms with Gasteiger partial charge in [-0.25, -0.2) is 0 Å². The first-order valence-corrected chi connectivity index (χ1v) is 15.6. The van der Waals surface area contributed by atoms with Gasteiger partial charge >= 0.3 is 5.97 Å². The molecule has 0 aliphatic carbocycles. The number of nitrogens with one attached hydrogen (secondary N) is 1. The largest absolute Gasteiger partial charge is 0.469 e. The third-order valence-corrected chi connectivity index (χ3v) is 8.97. The summed E-state index contributed by atoms with van der Waals surface area (Å²) in [6, 6.07) is 7.19. The summed E-state index contributed by atoms with van der Waals surface area (Å²) in [5.41, 5.74) is 4.55. The second-order valence-corrected chi connectivity index (χ2v) is 12.0. The van der Waals surface area contributed by atoms with Crippen molar-refractivity contribution in [2.75, 3.05) is 20.2 Å². The average Bonchev–Trinajstić information content (AvgIpc) is 3.63. The highest BCUT2D eigenvalue weighted by molar-refractivity contribution is 7.15. The van der Waals surface area contributed by atoms with Crippen molar-refractivity contribution in [1.82, 2.24) is 25.0 Å². The highest BCUT2D eigenvalue weighted by Crippen LogP contribution is 2.39. The van der Waals surface area contributed by atoms with E-state index in [1.54, 1.807) is 11.3 Å². The molecule has 45 heavy (non-hydrogen) atoms. The smallest absolute Gasteiger partial charge is 0.308 e. The third kappa shape index (κ3) is 6.94. The van der Waals surface area contributed by atoms with Gasteiger partial charge in [0.1, 0.15) is 16.9 Å². The molecule has 11 nitrogen and oxygen atoms in total. The molecule has 0 saturated carbocycles. The first kappa shape index (κ1) is 31.5. The minimum atomic E-state index is -0.563. The quantitative estimate of drug-likeness (QED) is 0.157. The molecule has 0 spiro atoms. The molecule has 3 amide bonds. The zero-order chi connectivity index (χ0) is 32.1. The summed E-state index contributed by atoms with van der Waals surface area (Å²) in [7, 11) is 1.36. The molecule has 0 radical (unpaired) electrons. The normalized spacial score (nSPS) is 15.2. The first-order valence-electron chi connectivity index (χ1n) is 14.7. The summed E-state index contributed by atoms with van der Waals surface area (Å²) >= 11 is 1.65. The number of amides is 3. The summed E-state index contributed by atoms with van der Waals surface area (Å²) in [5.74, 6) is 6.39. The van der Waals surface area contributed by atoms with Crippen LogP contribution in [0.1, 0.15) is 76.9 Å². The number of aliphatic imine (C=N–C) groups is 1. The van der Waals surface area contributed by atoms with Crippen LogP contribution >= 0.6 is 11.3 Å².